The summed E-state index contributed by atoms with van der Waals surface area (Å²) in [5.74, 6) is 1.49. The summed E-state index contributed by atoms with van der Waals surface area (Å²) >= 11 is 0. The molecule has 0 fully saturated rings. The normalized spacial score (nSPS) is 12.4. The van der Waals surface area contributed by atoms with E-state index in [0.717, 1.165) is 42.1 Å². The Balaban J connectivity index is 1.85. The van der Waals surface area contributed by atoms with Crippen LogP contribution in [0.5, 0.6) is 5.75 Å². The zero-order valence-corrected chi connectivity index (χ0v) is 16.6. The van der Waals surface area contributed by atoms with E-state index in [4.69, 9.17) is 10.1 Å². The SMILES string of the molecule is CCCCC(CC)COc1ccc(/N=N/c2ccc(N/N=C\C=N)cc2)cc1. The Bertz CT molecular complexity index is 754. The summed E-state index contributed by atoms with van der Waals surface area (Å²) in [6, 6.07) is 15.1. The third-order valence-corrected chi connectivity index (χ3v) is 4.36. The van der Waals surface area contributed by atoms with Gasteiger partial charge in [-0.05, 0) is 60.9 Å². The average Bonchev–Trinajstić information content (AvgIpc) is 2.74. The molecule has 0 spiro atoms. The van der Waals surface area contributed by atoms with Crippen LogP contribution in [0.25, 0.3) is 0 Å². The largest absolute Gasteiger partial charge is 0.493 e. The summed E-state index contributed by atoms with van der Waals surface area (Å²) in [5.41, 5.74) is 5.18. The first-order valence-electron chi connectivity index (χ1n) is 9.78. The predicted octanol–water partition coefficient (Wildman–Crippen LogP) is 6.74. The van der Waals surface area contributed by atoms with Gasteiger partial charge in [-0.1, -0.05) is 33.1 Å². The number of hydrogen-bond acceptors (Lipinski definition) is 6. The Morgan fingerprint density at radius 1 is 1.00 bits per heavy atom. The van der Waals surface area contributed by atoms with Crippen molar-refractivity contribution in [2.24, 2.45) is 21.2 Å². The summed E-state index contributed by atoms with van der Waals surface area (Å²) < 4.78 is 5.92. The van der Waals surface area contributed by atoms with E-state index in [1.807, 2.05) is 48.5 Å². The van der Waals surface area contributed by atoms with Gasteiger partial charge in [-0.2, -0.15) is 15.3 Å². The molecule has 2 N–H and O–H groups in total. The first kappa shape index (κ1) is 21.3. The standard InChI is InChI=1S/C22H29N5O/c1-3-5-6-18(4-2)17-28-22-13-11-21(12-14-22)27-26-20-9-7-19(8-10-20)25-24-16-15-23/h7-16,18,23,25H,3-6,17H2,1-2H3/b23-15?,24-16-,27-26+. The molecule has 0 saturated heterocycles. The molecule has 0 bridgehead atoms. The molecule has 2 aromatic rings. The lowest BCUT2D eigenvalue weighted by Gasteiger charge is -2.15. The molecule has 28 heavy (non-hydrogen) atoms. The molecule has 1 atom stereocenters. The molecule has 2 rings (SSSR count). The molecule has 0 radical (unpaired) electrons. The number of anilines is 1. The molecule has 0 aliphatic rings. The molecule has 6 nitrogen and oxygen atoms in total. The molecular formula is C22H29N5O. The highest BCUT2D eigenvalue weighted by Gasteiger charge is 2.06. The summed E-state index contributed by atoms with van der Waals surface area (Å²) in [5, 5.41) is 19.2. The first-order chi connectivity index (χ1) is 13.7. The molecule has 148 valence electrons. The van der Waals surface area contributed by atoms with Crippen molar-refractivity contribution in [3.05, 3.63) is 48.5 Å². The van der Waals surface area contributed by atoms with E-state index in [9.17, 15) is 0 Å². The summed E-state index contributed by atoms with van der Waals surface area (Å²) in [6.07, 6.45) is 7.34. The highest BCUT2D eigenvalue weighted by Crippen LogP contribution is 2.23. The van der Waals surface area contributed by atoms with Gasteiger partial charge in [0.2, 0.25) is 0 Å². The molecule has 0 aliphatic heterocycles. The Morgan fingerprint density at radius 3 is 2.21 bits per heavy atom. The van der Waals surface area contributed by atoms with Crippen molar-refractivity contribution in [3.63, 3.8) is 0 Å². The van der Waals surface area contributed by atoms with E-state index in [1.165, 1.54) is 25.5 Å². The van der Waals surface area contributed by atoms with E-state index in [0.29, 0.717) is 5.92 Å². The second-order valence-electron chi connectivity index (χ2n) is 6.52. The first-order valence-corrected chi connectivity index (χ1v) is 9.78. The minimum Gasteiger partial charge on any atom is -0.493 e. The van der Waals surface area contributed by atoms with Crippen LogP contribution in [-0.2, 0) is 0 Å². The van der Waals surface area contributed by atoms with Crippen LogP contribution in [0, 0.1) is 11.3 Å². The van der Waals surface area contributed by atoms with Crippen LogP contribution in [-0.4, -0.2) is 19.0 Å². The number of hydrogen-bond donors (Lipinski definition) is 2. The van der Waals surface area contributed by atoms with Crippen molar-refractivity contribution in [1.29, 1.82) is 5.41 Å². The molecule has 6 heteroatoms. The van der Waals surface area contributed by atoms with Gasteiger partial charge >= 0.3 is 0 Å². The molecule has 2 aromatic carbocycles. The zero-order chi connectivity index (χ0) is 20.0. The highest BCUT2D eigenvalue weighted by atomic mass is 16.5. The fraction of sp³-hybridized carbons (Fsp3) is 0.364. The fourth-order valence-electron chi connectivity index (χ4n) is 2.59. The second kappa shape index (κ2) is 12.4. The quantitative estimate of drug-likeness (QED) is 0.243. The maximum Gasteiger partial charge on any atom is 0.119 e. The predicted molar refractivity (Wildman–Crippen MR) is 117 cm³/mol. The molecular weight excluding hydrogens is 350 g/mol. The topological polar surface area (TPSA) is 82.2 Å². The smallest absolute Gasteiger partial charge is 0.119 e. The van der Waals surface area contributed by atoms with Crippen LogP contribution in [0.1, 0.15) is 39.5 Å². The van der Waals surface area contributed by atoms with E-state index in [2.05, 4.69) is 34.6 Å². The van der Waals surface area contributed by atoms with Crippen LogP contribution in [0.15, 0.2) is 63.9 Å². The molecule has 0 saturated carbocycles. The van der Waals surface area contributed by atoms with Gasteiger partial charge in [-0.25, -0.2) is 0 Å². The van der Waals surface area contributed by atoms with Crippen LogP contribution < -0.4 is 10.2 Å². The fourth-order valence-corrected chi connectivity index (χ4v) is 2.59. The Kier molecular flexibility index (Phi) is 9.41. The third-order valence-electron chi connectivity index (χ3n) is 4.36. The minimum atomic E-state index is 0.618. The van der Waals surface area contributed by atoms with Crippen LogP contribution in [0.3, 0.4) is 0 Å². The van der Waals surface area contributed by atoms with Gasteiger partial charge in [0, 0.05) is 6.21 Å². The zero-order valence-electron chi connectivity index (χ0n) is 16.6. The second-order valence-corrected chi connectivity index (χ2v) is 6.52. The van der Waals surface area contributed by atoms with Crippen LogP contribution in [0.4, 0.5) is 17.1 Å². The number of ether oxygens (including phenoxy) is 1. The lowest BCUT2D eigenvalue weighted by Crippen LogP contribution is -2.11. The van der Waals surface area contributed by atoms with Crippen molar-refractivity contribution in [1.82, 2.24) is 0 Å². The van der Waals surface area contributed by atoms with Gasteiger partial charge in [-0.3, -0.25) is 5.43 Å². The maximum atomic E-state index is 6.88. The molecule has 0 aliphatic carbocycles. The number of nitrogens with one attached hydrogen (secondary N) is 2. The van der Waals surface area contributed by atoms with Gasteiger partial charge < -0.3 is 10.1 Å². The maximum absolute atomic E-state index is 6.88. The number of benzene rings is 2. The van der Waals surface area contributed by atoms with Crippen molar-refractivity contribution < 1.29 is 4.74 Å². The van der Waals surface area contributed by atoms with Crippen molar-refractivity contribution in [3.8, 4) is 5.75 Å². The van der Waals surface area contributed by atoms with Gasteiger partial charge in [-0.15, -0.1) is 0 Å². The monoisotopic (exact) mass is 379 g/mol. The van der Waals surface area contributed by atoms with Crippen molar-refractivity contribution in [2.45, 2.75) is 39.5 Å². The Hall–Kier alpha value is -3.02. The van der Waals surface area contributed by atoms with E-state index >= 15 is 0 Å². The lowest BCUT2D eigenvalue weighted by atomic mass is 10.0. The average molecular weight is 380 g/mol. The molecule has 0 heterocycles. The summed E-state index contributed by atoms with van der Waals surface area (Å²) in [4.78, 5) is 0. The number of azo groups is 1. The number of rotatable bonds is 12. The van der Waals surface area contributed by atoms with E-state index in [-0.39, 0.29) is 0 Å². The van der Waals surface area contributed by atoms with Gasteiger partial charge in [0.05, 0.1) is 29.9 Å². The number of hydrazone groups is 1. The highest BCUT2D eigenvalue weighted by molar-refractivity contribution is 6.14. The van der Waals surface area contributed by atoms with Crippen LogP contribution >= 0.6 is 0 Å². The van der Waals surface area contributed by atoms with Crippen LogP contribution in [0.2, 0.25) is 0 Å². The van der Waals surface area contributed by atoms with Gasteiger partial charge in [0.1, 0.15) is 5.75 Å². The van der Waals surface area contributed by atoms with Crippen molar-refractivity contribution >= 4 is 29.5 Å². The minimum absolute atomic E-state index is 0.618. The Morgan fingerprint density at radius 2 is 1.64 bits per heavy atom. The lowest BCUT2D eigenvalue weighted by molar-refractivity contribution is 0.233. The van der Waals surface area contributed by atoms with E-state index < -0.39 is 0 Å². The third kappa shape index (κ3) is 7.70. The van der Waals surface area contributed by atoms with Gasteiger partial charge in [0.15, 0.2) is 0 Å². The Labute approximate surface area is 167 Å². The van der Waals surface area contributed by atoms with Crippen molar-refractivity contribution in [2.75, 3.05) is 12.0 Å². The molecule has 0 aromatic heterocycles. The van der Waals surface area contributed by atoms with Gasteiger partial charge in [0.25, 0.3) is 0 Å². The summed E-state index contributed by atoms with van der Waals surface area (Å²) in [7, 11) is 0. The summed E-state index contributed by atoms with van der Waals surface area (Å²) in [6.45, 7) is 5.21. The molecule has 1 unspecified atom stereocenters. The van der Waals surface area contributed by atoms with E-state index in [1.54, 1.807) is 0 Å². The number of unbranched alkanes of at least 4 members (excludes halogenated alkanes) is 1. The molecule has 0 amide bonds. The number of nitrogens with zero attached hydrogens (tertiary/aromatic N) is 3.